The molecule has 0 saturated carbocycles. The molecule has 0 bridgehead atoms. The molecule has 0 saturated heterocycles. The van der Waals surface area contributed by atoms with Crippen molar-refractivity contribution in [2.45, 2.75) is 121 Å². The summed E-state index contributed by atoms with van der Waals surface area (Å²) >= 11 is 0. The summed E-state index contributed by atoms with van der Waals surface area (Å²) in [7, 11) is 0. The number of benzene rings is 1. The van der Waals surface area contributed by atoms with E-state index in [1.165, 1.54) is 53.5 Å². The molecule has 34 heavy (non-hydrogen) atoms. The number of hydrogen-bond donors (Lipinski definition) is 0. The van der Waals surface area contributed by atoms with E-state index in [2.05, 4.69) is 99.7 Å². The molecule has 196 valence electrons. The van der Waals surface area contributed by atoms with Crippen LogP contribution in [0.15, 0.2) is 66.8 Å². The first-order valence-electron chi connectivity index (χ1n) is 13.5. The minimum absolute atomic E-state index is 0.621. The van der Waals surface area contributed by atoms with E-state index in [9.17, 15) is 0 Å². The lowest BCUT2D eigenvalue weighted by molar-refractivity contribution is 0.415. The van der Waals surface area contributed by atoms with Crippen LogP contribution in [-0.2, 0) is 0 Å². The summed E-state index contributed by atoms with van der Waals surface area (Å²) < 4.78 is 0. The Hall–Kier alpha value is -1.82. The fraction of sp³-hybridized carbons (Fsp3) is 0.588. The summed E-state index contributed by atoms with van der Waals surface area (Å²) in [5, 5.41) is 0. The van der Waals surface area contributed by atoms with E-state index < -0.39 is 0 Å². The minimum atomic E-state index is 0.621. The van der Waals surface area contributed by atoms with Crippen molar-refractivity contribution in [2.75, 3.05) is 0 Å². The van der Waals surface area contributed by atoms with Gasteiger partial charge in [0.1, 0.15) is 0 Å². The Labute approximate surface area is 216 Å². The van der Waals surface area contributed by atoms with Crippen molar-refractivity contribution < 1.29 is 0 Å². The van der Waals surface area contributed by atoms with Gasteiger partial charge in [-0.3, -0.25) is 0 Å². The van der Waals surface area contributed by atoms with Crippen LogP contribution >= 0.6 is 0 Å². The van der Waals surface area contributed by atoms with Gasteiger partial charge in [-0.2, -0.15) is 0 Å². The van der Waals surface area contributed by atoms with Crippen molar-refractivity contribution in [3.05, 3.63) is 77.9 Å². The molecule has 2 unspecified atom stereocenters. The lowest BCUT2D eigenvalue weighted by Gasteiger charge is -2.11. The van der Waals surface area contributed by atoms with E-state index in [0.29, 0.717) is 5.92 Å². The van der Waals surface area contributed by atoms with Gasteiger partial charge in [0.15, 0.2) is 0 Å². The van der Waals surface area contributed by atoms with Crippen LogP contribution in [0.3, 0.4) is 0 Å². The second-order valence-corrected chi connectivity index (χ2v) is 10.1. The van der Waals surface area contributed by atoms with Crippen molar-refractivity contribution in [3.8, 4) is 0 Å². The third-order valence-corrected chi connectivity index (χ3v) is 6.06. The van der Waals surface area contributed by atoms with Crippen molar-refractivity contribution in [3.63, 3.8) is 0 Å². The fourth-order valence-corrected chi connectivity index (χ4v) is 2.74. The largest absolute Gasteiger partial charge is 0.100 e. The highest BCUT2D eigenvalue weighted by atomic mass is 14.1. The molecule has 1 aromatic carbocycles. The van der Waals surface area contributed by atoms with Gasteiger partial charge in [0.25, 0.3) is 0 Å². The summed E-state index contributed by atoms with van der Waals surface area (Å²) in [4.78, 5) is 0. The van der Waals surface area contributed by atoms with E-state index in [0.717, 1.165) is 18.3 Å². The van der Waals surface area contributed by atoms with Crippen molar-refractivity contribution in [1.29, 1.82) is 0 Å². The van der Waals surface area contributed by atoms with E-state index >= 15 is 0 Å². The predicted octanol–water partition coefficient (Wildman–Crippen LogP) is 12.2. The molecule has 0 amide bonds. The average molecular weight is 469 g/mol. The second kappa shape index (κ2) is 24.3. The first kappa shape index (κ1) is 36.7. The van der Waals surface area contributed by atoms with E-state index in [4.69, 9.17) is 0 Å². The third-order valence-electron chi connectivity index (χ3n) is 6.06. The molecule has 0 fully saturated rings. The molecule has 0 nitrogen and oxygen atoms in total. The molecule has 1 aromatic rings. The lowest BCUT2D eigenvalue weighted by atomic mass is 9.95. The van der Waals surface area contributed by atoms with Crippen LogP contribution in [-0.4, -0.2) is 0 Å². The molecule has 0 radical (unpaired) electrons. The Kier molecular flexibility index (Phi) is 26.3. The first-order valence-corrected chi connectivity index (χ1v) is 13.5. The Morgan fingerprint density at radius 3 is 1.47 bits per heavy atom. The SMILES string of the molecule is C=C(C)C.C=C/C=C\C.CC/C(C)=C(/C)c1ccc(C(C)C)cc1.CCC(C)CCC(C)CC. The van der Waals surface area contributed by atoms with Gasteiger partial charge in [-0.1, -0.05) is 134 Å². The van der Waals surface area contributed by atoms with Crippen LogP contribution < -0.4 is 0 Å². The number of rotatable bonds is 9. The Morgan fingerprint density at radius 1 is 0.824 bits per heavy atom. The molecule has 0 heterocycles. The molecule has 0 aliphatic heterocycles. The van der Waals surface area contributed by atoms with Crippen LogP contribution in [0.1, 0.15) is 132 Å². The van der Waals surface area contributed by atoms with Gasteiger partial charge in [-0.15, -0.1) is 6.58 Å². The highest BCUT2D eigenvalue weighted by Crippen LogP contribution is 2.22. The summed E-state index contributed by atoms with van der Waals surface area (Å²) in [5.74, 6) is 2.50. The maximum atomic E-state index is 3.56. The summed E-state index contributed by atoms with van der Waals surface area (Å²) in [6.07, 6.45) is 12.2. The Morgan fingerprint density at radius 2 is 1.24 bits per heavy atom. The summed E-state index contributed by atoms with van der Waals surface area (Å²) in [6, 6.07) is 8.96. The van der Waals surface area contributed by atoms with Gasteiger partial charge >= 0.3 is 0 Å². The molecular weight excluding hydrogens is 408 g/mol. The zero-order valence-corrected chi connectivity index (χ0v) is 25.2. The van der Waals surface area contributed by atoms with Gasteiger partial charge in [0.05, 0.1) is 0 Å². The van der Waals surface area contributed by atoms with Crippen LogP contribution in [0, 0.1) is 11.8 Å². The van der Waals surface area contributed by atoms with E-state index in [1.54, 1.807) is 6.08 Å². The molecule has 2 atom stereocenters. The van der Waals surface area contributed by atoms with Gasteiger partial charge < -0.3 is 0 Å². The minimum Gasteiger partial charge on any atom is -0.100 e. The average Bonchev–Trinajstić information content (AvgIpc) is 2.82. The topological polar surface area (TPSA) is 0 Å². The first-order chi connectivity index (χ1) is 15.9. The van der Waals surface area contributed by atoms with Crippen molar-refractivity contribution in [1.82, 2.24) is 0 Å². The second-order valence-electron chi connectivity index (χ2n) is 10.1. The number of hydrogen-bond acceptors (Lipinski definition) is 0. The van der Waals surface area contributed by atoms with Gasteiger partial charge in [0, 0.05) is 0 Å². The maximum absolute atomic E-state index is 3.56. The smallest absolute Gasteiger partial charge is 0.0219 e. The normalized spacial score (nSPS) is 12.7. The third kappa shape index (κ3) is 23.3. The van der Waals surface area contributed by atoms with Gasteiger partial charge in [-0.25, -0.2) is 0 Å². The summed E-state index contributed by atoms with van der Waals surface area (Å²) in [5.41, 5.74) is 6.85. The quantitative estimate of drug-likeness (QED) is 0.249. The van der Waals surface area contributed by atoms with Crippen LogP contribution in [0.2, 0.25) is 0 Å². The van der Waals surface area contributed by atoms with E-state index in [1.807, 2.05) is 32.9 Å². The van der Waals surface area contributed by atoms with Crippen molar-refractivity contribution in [2.24, 2.45) is 11.8 Å². The highest BCUT2D eigenvalue weighted by molar-refractivity contribution is 5.66. The van der Waals surface area contributed by atoms with Gasteiger partial charge in [-0.05, 0) is 75.5 Å². The van der Waals surface area contributed by atoms with Gasteiger partial charge in [0.2, 0.25) is 0 Å². The molecule has 0 aromatic heterocycles. The molecule has 1 rings (SSSR count). The highest BCUT2D eigenvalue weighted by Gasteiger charge is 2.03. The molecule has 0 aliphatic carbocycles. The van der Waals surface area contributed by atoms with Crippen LogP contribution in [0.5, 0.6) is 0 Å². The van der Waals surface area contributed by atoms with Crippen molar-refractivity contribution >= 4 is 5.57 Å². The molecule has 0 aliphatic rings. The molecule has 0 spiro atoms. The maximum Gasteiger partial charge on any atom is -0.0219 e. The van der Waals surface area contributed by atoms with Crippen LogP contribution in [0.25, 0.3) is 5.57 Å². The fourth-order valence-electron chi connectivity index (χ4n) is 2.74. The zero-order chi connectivity index (χ0) is 27.1. The monoisotopic (exact) mass is 468 g/mol. The Balaban J connectivity index is -0.000000435. The zero-order valence-electron chi connectivity index (χ0n) is 25.2. The standard InChI is InChI=1S/C15H22.C10H22.C5H8.C4H8/c1-6-12(4)13(5)15-9-7-14(8-10-15)11(2)3;1-5-9(3)7-8-10(4)6-2;1-3-5-4-2;1-4(2)3/h7-11H,6H2,1-5H3;9-10H,5-8H2,1-4H3;3-5H,1H2,2H3;1H2,2-3H3/b13-12-;;5-4-;. The predicted molar refractivity (Wildman–Crippen MR) is 163 cm³/mol. The summed E-state index contributed by atoms with van der Waals surface area (Å²) in [6.45, 7) is 33.3. The number of allylic oxidation sites excluding steroid dienone is 6. The Bertz CT molecular complexity index is 652. The lowest BCUT2D eigenvalue weighted by Crippen LogP contribution is -1.97. The van der Waals surface area contributed by atoms with Crippen LogP contribution in [0.4, 0.5) is 0 Å². The molecule has 0 N–H and O–H groups in total. The molecule has 0 heteroatoms. The van der Waals surface area contributed by atoms with E-state index in [-0.39, 0.29) is 0 Å². The molecular formula is C34H60.